The second-order valence-electron chi connectivity index (χ2n) is 11.5. The third-order valence-electron chi connectivity index (χ3n) is 7.23. The highest BCUT2D eigenvalue weighted by Gasteiger charge is 2.43. The minimum Gasteiger partial charge on any atom is -0.457 e. The van der Waals surface area contributed by atoms with Crippen molar-refractivity contribution in [2.45, 2.75) is 64.9 Å². The maximum Gasteiger partial charge on any atom is 0.331 e. The summed E-state index contributed by atoms with van der Waals surface area (Å²) in [6.07, 6.45) is 7.66. The molecule has 208 valence electrons. The summed E-state index contributed by atoms with van der Waals surface area (Å²) in [4.78, 5) is 26.7. The van der Waals surface area contributed by atoms with Gasteiger partial charge in [0.2, 0.25) is 0 Å². The van der Waals surface area contributed by atoms with Gasteiger partial charge >= 0.3 is 5.97 Å². The summed E-state index contributed by atoms with van der Waals surface area (Å²) in [6, 6.07) is 8.73. The van der Waals surface area contributed by atoms with Gasteiger partial charge in [-0.25, -0.2) is 4.79 Å². The third kappa shape index (κ3) is 5.20. The Kier molecular flexibility index (Phi) is 7.40. The van der Waals surface area contributed by atoms with E-state index in [-0.39, 0.29) is 27.1 Å². The predicted octanol–water partition coefficient (Wildman–Crippen LogP) is 9.05. The van der Waals surface area contributed by atoms with E-state index in [1.54, 1.807) is 29.0 Å². The van der Waals surface area contributed by atoms with E-state index in [2.05, 4.69) is 12.1 Å². The monoisotopic (exact) mass is 598 g/mol. The van der Waals surface area contributed by atoms with Crippen LogP contribution in [-0.2, 0) is 14.9 Å². The Morgan fingerprint density at radius 1 is 1.12 bits per heavy atom. The quantitative estimate of drug-likeness (QED) is 0.169. The molecule has 1 aliphatic carbocycles. The summed E-state index contributed by atoms with van der Waals surface area (Å²) in [6.45, 7) is 9.44. The Bertz CT molecular complexity index is 1660. The number of hydrogen-bond donors (Lipinski definition) is 0. The fraction of sp³-hybridized carbons (Fsp3) is 0.323. The van der Waals surface area contributed by atoms with Crippen LogP contribution in [0.1, 0.15) is 74.2 Å². The van der Waals surface area contributed by atoms with Gasteiger partial charge in [0.25, 0.3) is 5.91 Å². The molecule has 0 radical (unpaired) electrons. The first kappa shape index (κ1) is 28.5. The van der Waals surface area contributed by atoms with E-state index >= 15 is 0 Å². The molecule has 2 heterocycles. The second-order valence-corrected chi connectivity index (χ2v) is 12.7. The van der Waals surface area contributed by atoms with Crippen molar-refractivity contribution < 1.29 is 18.8 Å². The Hall–Kier alpha value is -3.06. The molecule has 9 heteroatoms. The molecule has 1 saturated carbocycles. The highest BCUT2D eigenvalue weighted by molar-refractivity contribution is 6.42. The van der Waals surface area contributed by atoms with Crippen molar-refractivity contribution in [3.8, 4) is 11.3 Å². The topological polar surface area (TPSA) is 74.3 Å². The highest BCUT2D eigenvalue weighted by Crippen LogP contribution is 2.48. The summed E-state index contributed by atoms with van der Waals surface area (Å²) in [5.74, 6) is -0.240. The van der Waals surface area contributed by atoms with Crippen LogP contribution in [-0.4, -0.2) is 27.2 Å². The van der Waals surface area contributed by atoms with Gasteiger partial charge in [-0.3, -0.25) is 9.36 Å². The van der Waals surface area contributed by atoms with Crippen molar-refractivity contribution in [3.05, 3.63) is 80.1 Å². The average molecular weight is 600 g/mol. The van der Waals surface area contributed by atoms with Crippen LogP contribution < -0.4 is 0 Å². The van der Waals surface area contributed by atoms with Crippen LogP contribution >= 0.6 is 34.8 Å². The molecule has 0 N–H and O–H groups in total. The molecular weight excluding hydrogens is 571 g/mol. The predicted molar refractivity (Wildman–Crippen MR) is 159 cm³/mol. The SMILES string of the molecule is Cc1cn(C(=O)c2c(-c3c(Cl)cc(Cl)cc3Cl)noc2C2(C)CCC2)c2cccc(/C=C/C(=O)OC(C)(C)C)c12. The third-order valence-corrected chi connectivity index (χ3v) is 8.05. The first-order valence-corrected chi connectivity index (χ1v) is 14.1. The number of rotatable bonds is 5. The van der Waals surface area contributed by atoms with Gasteiger partial charge in [-0.05, 0) is 75.9 Å². The maximum absolute atomic E-state index is 14.4. The fourth-order valence-electron chi connectivity index (χ4n) is 5.21. The first-order chi connectivity index (χ1) is 18.8. The number of benzene rings is 2. The van der Waals surface area contributed by atoms with Gasteiger partial charge in [-0.2, -0.15) is 0 Å². The zero-order chi connectivity index (χ0) is 29.0. The van der Waals surface area contributed by atoms with Crippen molar-refractivity contribution >= 4 is 63.7 Å². The number of fused-ring (bicyclic) bond motifs is 1. The Morgan fingerprint density at radius 2 is 1.80 bits per heavy atom. The summed E-state index contributed by atoms with van der Waals surface area (Å²) >= 11 is 19.3. The molecular formula is C31H29Cl3N2O4. The van der Waals surface area contributed by atoms with Crippen molar-refractivity contribution in [1.82, 2.24) is 9.72 Å². The molecule has 0 saturated heterocycles. The number of aryl methyl sites for hydroxylation is 1. The molecule has 40 heavy (non-hydrogen) atoms. The number of hydrogen-bond acceptors (Lipinski definition) is 5. The minimum absolute atomic E-state index is 0.272. The molecule has 6 nitrogen and oxygen atoms in total. The average Bonchev–Trinajstić information content (AvgIpc) is 3.41. The van der Waals surface area contributed by atoms with Crippen LogP contribution in [0.4, 0.5) is 0 Å². The Morgan fingerprint density at radius 3 is 2.40 bits per heavy atom. The van der Waals surface area contributed by atoms with Gasteiger partial charge in [0.1, 0.15) is 16.9 Å². The summed E-state index contributed by atoms with van der Waals surface area (Å²) in [5, 5.41) is 6.09. The molecule has 1 fully saturated rings. The maximum atomic E-state index is 14.4. The summed E-state index contributed by atoms with van der Waals surface area (Å²) in [5.41, 5.74) is 2.39. The van der Waals surface area contributed by atoms with Crippen LogP contribution in [0.5, 0.6) is 0 Å². The van der Waals surface area contributed by atoms with Crippen LogP contribution in [0, 0.1) is 6.92 Å². The van der Waals surface area contributed by atoms with Gasteiger partial charge in [0.15, 0.2) is 5.76 Å². The second kappa shape index (κ2) is 10.4. The molecule has 4 aromatic rings. The van der Waals surface area contributed by atoms with Gasteiger partial charge in [0.05, 0.1) is 15.6 Å². The van der Waals surface area contributed by atoms with Gasteiger partial charge in [-0.1, -0.05) is 65.4 Å². The van der Waals surface area contributed by atoms with Crippen LogP contribution in [0.2, 0.25) is 15.1 Å². The van der Waals surface area contributed by atoms with Crippen molar-refractivity contribution in [2.24, 2.45) is 0 Å². The van der Waals surface area contributed by atoms with Crippen LogP contribution in [0.25, 0.3) is 28.2 Å². The fourth-order valence-corrected chi connectivity index (χ4v) is 6.21. The lowest BCUT2D eigenvalue weighted by Crippen LogP contribution is -2.32. The molecule has 0 amide bonds. The number of halogens is 3. The number of ether oxygens (including phenoxy) is 1. The highest BCUT2D eigenvalue weighted by atomic mass is 35.5. The zero-order valence-corrected chi connectivity index (χ0v) is 25.2. The molecule has 5 rings (SSSR count). The van der Waals surface area contributed by atoms with E-state index < -0.39 is 11.6 Å². The van der Waals surface area contributed by atoms with Gasteiger partial charge in [0, 0.05) is 33.7 Å². The Labute approximate surface area is 247 Å². The van der Waals surface area contributed by atoms with E-state index in [1.807, 2.05) is 45.9 Å². The largest absolute Gasteiger partial charge is 0.457 e. The van der Waals surface area contributed by atoms with E-state index in [4.69, 9.17) is 44.1 Å². The molecule has 2 aromatic heterocycles. The van der Waals surface area contributed by atoms with Crippen molar-refractivity contribution in [1.29, 1.82) is 0 Å². The number of nitrogens with zero attached hydrogens (tertiary/aromatic N) is 2. The smallest absolute Gasteiger partial charge is 0.331 e. The lowest BCUT2D eigenvalue weighted by molar-refractivity contribution is -0.148. The van der Waals surface area contributed by atoms with Crippen LogP contribution in [0.3, 0.4) is 0 Å². The minimum atomic E-state index is -0.597. The number of aromatic nitrogens is 2. The standard InChI is InChI=1S/C31H29Cl3N2O4/c1-17-16-36(22-9-6-8-18(24(17)22)10-11-23(37)39-30(2,3)4)29(38)26-27(25-20(33)14-19(32)15-21(25)34)35-40-28(26)31(5)12-7-13-31/h6,8-11,14-16H,7,12-13H2,1-5H3/b11-10+. The zero-order valence-electron chi connectivity index (χ0n) is 22.9. The van der Waals surface area contributed by atoms with Gasteiger partial charge in [-0.15, -0.1) is 0 Å². The van der Waals surface area contributed by atoms with Crippen molar-refractivity contribution in [2.75, 3.05) is 0 Å². The van der Waals surface area contributed by atoms with Crippen LogP contribution in [0.15, 0.2) is 47.1 Å². The molecule has 2 aromatic carbocycles. The molecule has 0 spiro atoms. The lowest BCUT2D eigenvalue weighted by Gasteiger charge is -2.36. The van der Waals surface area contributed by atoms with Gasteiger partial charge < -0.3 is 9.26 Å². The number of carbonyl (C=O) groups is 2. The first-order valence-electron chi connectivity index (χ1n) is 13.0. The summed E-state index contributed by atoms with van der Waals surface area (Å²) < 4.78 is 12.9. The Balaban J connectivity index is 1.65. The molecule has 1 aliphatic rings. The number of esters is 1. The molecule has 0 bridgehead atoms. The molecule has 0 unspecified atom stereocenters. The summed E-state index contributed by atoms with van der Waals surface area (Å²) in [7, 11) is 0. The van der Waals surface area contributed by atoms with E-state index in [9.17, 15) is 9.59 Å². The number of carbonyl (C=O) groups excluding carboxylic acids is 2. The molecule has 0 aliphatic heterocycles. The van der Waals surface area contributed by atoms with Crippen molar-refractivity contribution in [3.63, 3.8) is 0 Å². The lowest BCUT2D eigenvalue weighted by atomic mass is 9.67. The normalized spacial score (nSPS) is 15.0. The van der Waals surface area contributed by atoms with E-state index in [1.165, 1.54) is 6.08 Å². The van der Waals surface area contributed by atoms with E-state index in [0.717, 1.165) is 35.8 Å². The molecule has 0 atom stereocenters. The van der Waals surface area contributed by atoms with E-state index in [0.29, 0.717) is 27.4 Å².